The number of carbonyl (C=O) groups excluding carboxylic acids is 1. The van der Waals surface area contributed by atoms with E-state index in [1.54, 1.807) is 84.9 Å². The van der Waals surface area contributed by atoms with E-state index in [1.165, 1.54) is 0 Å². The van der Waals surface area contributed by atoms with E-state index in [-0.39, 0.29) is 11.3 Å². The Morgan fingerprint density at radius 2 is 1.38 bits per heavy atom. The summed E-state index contributed by atoms with van der Waals surface area (Å²) in [5, 5.41) is 0. The van der Waals surface area contributed by atoms with Crippen LogP contribution in [0.25, 0.3) is 17.0 Å². The Kier molecular flexibility index (Phi) is 4.79. The van der Waals surface area contributed by atoms with Crippen LogP contribution in [-0.2, 0) is 0 Å². The third-order valence-electron chi connectivity index (χ3n) is 4.61. The predicted octanol–water partition coefficient (Wildman–Crippen LogP) is 4.00. The lowest BCUT2D eigenvalue weighted by Crippen LogP contribution is -2.35. The zero-order valence-corrected chi connectivity index (χ0v) is 15.7. The molecule has 0 saturated carbocycles. The number of hydrogen-bond donors (Lipinski definition) is 0. The molecule has 4 aromatic rings. The van der Waals surface area contributed by atoms with Gasteiger partial charge in [-0.2, -0.15) is 0 Å². The molecular weight excluding hydrogens is 366 g/mol. The molecule has 0 aliphatic rings. The van der Waals surface area contributed by atoms with Gasteiger partial charge in [-0.15, -0.1) is 0 Å². The van der Waals surface area contributed by atoms with Crippen molar-refractivity contribution in [2.24, 2.45) is 0 Å². The summed E-state index contributed by atoms with van der Waals surface area (Å²) in [4.78, 5) is 39.3. The van der Waals surface area contributed by atoms with Crippen LogP contribution in [-0.4, -0.2) is 10.4 Å². The Hall–Kier alpha value is -3.99. The first-order valence-corrected chi connectivity index (χ1v) is 9.08. The van der Waals surface area contributed by atoms with Crippen LogP contribution in [0.15, 0.2) is 98.9 Å². The zero-order chi connectivity index (χ0) is 20.4. The van der Waals surface area contributed by atoms with Gasteiger partial charge in [0.1, 0.15) is 5.56 Å². The summed E-state index contributed by atoms with van der Waals surface area (Å²) < 4.78 is 6.41. The van der Waals surface area contributed by atoms with E-state index in [2.05, 4.69) is 0 Å². The molecule has 0 spiro atoms. The minimum Gasteiger partial charge on any atom is -0.408 e. The first-order valence-electron chi connectivity index (χ1n) is 9.08. The van der Waals surface area contributed by atoms with Crippen LogP contribution in [0.4, 0.5) is 0 Å². The normalized spacial score (nSPS) is 10.7. The van der Waals surface area contributed by atoms with Crippen molar-refractivity contribution < 1.29 is 9.21 Å². The highest BCUT2D eigenvalue weighted by molar-refractivity contribution is 6.11. The molecule has 1 aromatic heterocycles. The second-order valence-corrected chi connectivity index (χ2v) is 6.61. The highest BCUT2D eigenvalue weighted by Gasteiger charge is 2.25. The van der Waals surface area contributed by atoms with Gasteiger partial charge in [0.05, 0.1) is 5.69 Å². The van der Waals surface area contributed by atoms with Gasteiger partial charge in [-0.1, -0.05) is 78.4 Å². The number of benzene rings is 3. The van der Waals surface area contributed by atoms with Crippen LogP contribution >= 0.6 is 0 Å². The molecule has 0 bridgehead atoms. The van der Waals surface area contributed by atoms with Gasteiger partial charge in [-0.25, -0.2) is 9.36 Å². The maximum absolute atomic E-state index is 13.4. The summed E-state index contributed by atoms with van der Waals surface area (Å²) in [6.45, 7) is 1.90. The van der Waals surface area contributed by atoms with E-state index < -0.39 is 17.1 Å². The smallest absolute Gasteiger partial charge is 0.408 e. The van der Waals surface area contributed by atoms with Gasteiger partial charge in [-0.3, -0.25) is 9.59 Å². The molecule has 0 amide bonds. The Morgan fingerprint density at radius 3 is 2.00 bits per heavy atom. The van der Waals surface area contributed by atoms with Crippen molar-refractivity contribution in [3.05, 3.63) is 123 Å². The summed E-state index contributed by atoms with van der Waals surface area (Å²) >= 11 is 0. The fraction of sp³-hybridized carbons (Fsp3) is 0.0417. The average Bonchev–Trinajstić information content (AvgIpc) is 2.75. The van der Waals surface area contributed by atoms with Crippen molar-refractivity contribution >= 4 is 5.78 Å². The number of ketones is 1. The Balaban J connectivity index is 2.03. The molecule has 5 nitrogen and oxygen atoms in total. The quantitative estimate of drug-likeness (QED) is 0.500. The van der Waals surface area contributed by atoms with Crippen LogP contribution in [0, 0.1) is 6.92 Å². The van der Waals surface area contributed by atoms with E-state index in [0.717, 1.165) is 10.1 Å². The van der Waals surface area contributed by atoms with Gasteiger partial charge in [0.15, 0.2) is 5.76 Å². The second kappa shape index (κ2) is 7.56. The second-order valence-electron chi connectivity index (χ2n) is 6.61. The van der Waals surface area contributed by atoms with Gasteiger partial charge < -0.3 is 4.42 Å². The van der Waals surface area contributed by atoms with Crippen LogP contribution < -0.4 is 11.3 Å². The third kappa shape index (κ3) is 3.46. The molecule has 1 heterocycles. The topological polar surface area (TPSA) is 69.3 Å². The molecule has 142 valence electrons. The number of aryl methyl sites for hydroxylation is 1. The molecule has 4 rings (SSSR count). The maximum atomic E-state index is 13.4. The summed E-state index contributed by atoms with van der Waals surface area (Å²) in [5.41, 5.74) is 1.26. The molecular formula is C24H17NO4. The molecule has 0 unspecified atom stereocenters. The number of aromatic nitrogens is 1. The molecule has 29 heavy (non-hydrogen) atoms. The zero-order valence-electron chi connectivity index (χ0n) is 15.7. The standard InChI is InChI=1S/C24H17NO4/c1-16-12-14-19(15-13-16)25-23(27)20(21(26)17-8-4-2-5-9-17)22(29-24(25)28)18-10-6-3-7-11-18/h2-15H,1H3. The number of rotatable bonds is 4. The predicted molar refractivity (Wildman–Crippen MR) is 111 cm³/mol. The minimum absolute atomic E-state index is 0.0298. The summed E-state index contributed by atoms with van der Waals surface area (Å²) in [6.07, 6.45) is 0. The Bertz CT molecular complexity index is 1290. The van der Waals surface area contributed by atoms with Crippen molar-refractivity contribution in [3.8, 4) is 17.0 Å². The van der Waals surface area contributed by atoms with Crippen molar-refractivity contribution in [2.45, 2.75) is 6.92 Å². The van der Waals surface area contributed by atoms with Gasteiger partial charge >= 0.3 is 5.76 Å². The van der Waals surface area contributed by atoms with Crippen molar-refractivity contribution in [2.75, 3.05) is 0 Å². The summed E-state index contributed by atoms with van der Waals surface area (Å²) in [6, 6.07) is 24.0. The SMILES string of the molecule is Cc1ccc(-n2c(=O)oc(-c3ccccc3)c(C(=O)c3ccccc3)c2=O)cc1. The molecule has 0 aliphatic carbocycles. The molecule has 0 N–H and O–H groups in total. The molecule has 0 radical (unpaired) electrons. The van der Waals surface area contributed by atoms with Crippen LogP contribution in [0.3, 0.4) is 0 Å². The fourth-order valence-electron chi connectivity index (χ4n) is 3.12. The Labute approximate surface area is 166 Å². The summed E-state index contributed by atoms with van der Waals surface area (Å²) in [7, 11) is 0. The number of carbonyl (C=O) groups is 1. The highest BCUT2D eigenvalue weighted by Crippen LogP contribution is 2.23. The van der Waals surface area contributed by atoms with Crippen molar-refractivity contribution in [1.29, 1.82) is 0 Å². The van der Waals surface area contributed by atoms with Gasteiger partial charge in [0.25, 0.3) is 5.56 Å². The monoisotopic (exact) mass is 383 g/mol. The number of hydrogen-bond acceptors (Lipinski definition) is 4. The van der Waals surface area contributed by atoms with E-state index in [9.17, 15) is 14.4 Å². The minimum atomic E-state index is -0.845. The third-order valence-corrected chi connectivity index (χ3v) is 4.61. The molecule has 0 fully saturated rings. The molecule has 3 aromatic carbocycles. The first kappa shape index (κ1) is 18.4. The maximum Gasteiger partial charge on any atom is 0.427 e. The van der Waals surface area contributed by atoms with Gasteiger partial charge in [-0.05, 0) is 19.1 Å². The van der Waals surface area contributed by atoms with E-state index in [1.807, 2.05) is 6.92 Å². The van der Waals surface area contributed by atoms with E-state index in [4.69, 9.17) is 4.42 Å². The molecule has 0 saturated heterocycles. The van der Waals surface area contributed by atoms with E-state index >= 15 is 0 Å². The van der Waals surface area contributed by atoms with Gasteiger partial charge in [0, 0.05) is 11.1 Å². The molecule has 5 heteroatoms. The Morgan fingerprint density at radius 1 is 0.793 bits per heavy atom. The average molecular weight is 383 g/mol. The van der Waals surface area contributed by atoms with E-state index in [0.29, 0.717) is 16.8 Å². The highest BCUT2D eigenvalue weighted by atomic mass is 16.4. The molecule has 0 atom stereocenters. The number of nitrogens with zero attached hydrogens (tertiary/aromatic N) is 1. The molecule has 0 aliphatic heterocycles. The lowest BCUT2D eigenvalue weighted by atomic mass is 10.00. The van der Waals surface area contributed by atoms with Crippen molar-refractivity contribution in [3.63, 3.8) is 0 Å². The summed E-state index contributed by atoms with van der Waals surface area (Å²) in [5.74, 6) is -1.38. The van der Waals surface area contributed by atoms with Crippen LogP contribution in [0.5, 0.6) is 0 Å². The fourth-order valence-corrected chi connectivity index (χ4v) is 3.12. The largest absolute Gasteiger partial charge is 0.427 e. The van der Waals surface area contributed by atoms with Crippen LogP contribution in [0.2, 0.25) is 0 Å². The first-order chi connectivity index (χ1) is 14.1. The van der Waals surface area contributed by atoms with Crippen LogP contribution in [0.1, 0.15) is 21.5 Å². The van der Waals surface area contributed by atoms with Crippen molar-refractivity contribution in [1.82, 2.24) is 4.57 Å². The lowest BCUT2D eigenvalue weighted by molar-refractivity contribution is 0.103. The lowest BCUT2D eigenvalue weighted by Gasteiger charge is -2.11. The van der Waals surface area contributed by atoms with Gasteiger partial charge in [0.2, 0.25) is 5.78 Å².